The number of amides is 2. The van der Waals surface area contributed by atoms with Crippen LogP contribution in [0.4, 0.5) is 5.00 Å². The van der Waals surface area contributed by atoms with Gasteiger partial charge in [-0.25, -0.2) is 0 Å². The molecule has 1 aliphatic carbocycles. The van der Waals surface area contributed by atoms with Crippen LogP contribution in [0.25, 0.3) is 0 Å². The summed E-state index contributed by atoms with van der Waals surface area (Å²) in [4.78, 5) is 27.4. The van der Waals surface area contributed by atoms with Gasteiger partial charge in [0.15, 0.2) is 0 Å². The number of morpholine rings is 1. The van der Waals surface area contributed by atoms with E-state index in [1.165, 1.54) is 16.2 Å². The molecule has 2 amide bonds. The molecule has 0 saturated carbocycles. The molecule has 7 heteroatoms. The topological polar surface area (TPSA) is 84.7 Å². The lowest BCUT2D eigenvalue weighted by Gasteiger charge is -2.30. The molecule has 0 radical (unpaired) electrons. The van der Waals surface area contributed by atoms with E-state index in [-0.39, 0.29) is 12.0 Å². The van der Waals surface area contributed by atoms with Gasteiger partial charge >= 0.3 is 0 Å². The van der Waals surface area contributed by atoms with Crippen molar-refractivity contribution in [3.05, 3.63) is 16.0 Å². The summed E-state index contributed by atoms with van der Waals surface area (Å²) in [6.07, 6.45) is 4.19. The van der Waals surface area contributed by atoms with Crippen LogP contribution in [0, 0.1) is 0 Å². The second-order valence-corrected chi connectivity index (χ2v) is 7.35. The smallest absolute Gasteiger partial charge is 0.251 e. The predicted molar refractivity (Wildman–Crippen MR) is 90.0 cm³/mol. The number of hydrogen-bond acceptors (Lipinski definition) is 5. The van der Waals surface area contributed by atoms with Crippen LogP contribution in [-0.2, 0) is 22.4 Å². The number of nitrogens with zero attached hydrogens (tertiary/aromatic N) is 1. The molecule has 0 spiro atoms. The van der Waals surface area contributed by atoms with Gasteiger partial charge in [0, 0.05) is 18.0 Å². The Morgan fingerprint density at radius 3 is 2.91 bits per heavy atom. The second-order valence-electron chi connectivity index (χ2n) is 6.24. The molecule has 126 valence electrons. The third-order valence-electron chi connectivity index (χ3n) is 4.36. The summed E-state index contributed by atoms with van der Waals surface area (Å²) in [5.74, 6) is -0.542. The molecule has 2 aliphatic rings. The van der Waals surface area contributed by atoms with Gasteiger partial charge < -0.3 is 15.8 Å². The molecular weight excluding hydrogens is 314 g/mol. The van der Waals surface area contributed by atoms with Crippen molar-refractivity contribution in [2.24, 2.45) is 5.73 Å². The average Bonchev–Trinajstić information content (AvgIpc) is 2.84. The monoisotopic (exact) mass is 337 g/mol. The normalized spacial score (nSPS) is 21.7. The molecule has 3 N–H and O–H groups in total. The Labute approximate surface area is 140 Å². The summed E-state index contributed by atoms with van der Waals surface area (Å²) < 4.78 is 5.48. The number of anilines is 1. The fraction of sp³-hybridized carbons (Fsp3) is 0.625. The highest BCUT2D eigenvalue weighted by molar-refractivity contribution is 7.17. The van der Waals surface area contributed by atoms with E-state index < -0.39 is 5.91 Å². The van der Waals surface area contributed by atoms with E-state index in [0.717, 1.165) is 44.3 Å². The van der Waals surface area contributed by atoms with Crippen molar-refractivity contribution in [2.75, 3.05) is 31.6 Å². The molecule has 6 nitrogen and oxygen atoms in total. The number of hydrogen-bond donors (Lipinski definition) is 2. The highest BCUT2D eigenvalue weighted by atomic mass is 32.1. The van der Waals surface area contributed by atoms with Gasteiger partial charge in [0.2, 0.25) is 5.91 Å². The second kappa shape index (κ2) is 6.98. The van der Waals surface area contributed by atoms with Gasteiger partial charge in [-0.05, 0) is 38.2 Å². The lowest BCUT2D eigenvalue weighted by molar-refractivity contribution is -0.119. The maximum Gasteiger partial charge on any atom is 0.251 e. The lowest BCUT2D eigenvalue weighted by Crippen LogP contribution is -2.44. The Morgan fingerprint density at radius 1 is 1.39 bits per heavy atom. The molecule has 0 bridgehead atoms. The minimum atomic E-state index is -0.445. The molecule has 1 saturated heterocycles. The fourth-order valence-electron chi connectivity index (χ4n) is 3.32. The number of aryl methyl sites for hydroxylation is 1. The molecule has 23 heavy (non-hydrogen) atoms. The van der Waals surface area contributed by atoms with Crippen LogP contribution >= 0.6 is 11.3 Å². The third kappa shape index (κ3) is 3.73. The summed E-state index contributed by atoms with van der Waals surface area (Å²) >= 11 is 1.51. The Balaban J connectivity index is 1.70. The first-order valence-corrected chi connectivity index (χ1v) is 8.94. The zero-order valence-corrected chi connectivity index (χ0v) is 14.2. The highest BCUT2D eigenvalue weighted by Gasteiger charge is 2.26. The van der Waals surface area contributed by atoms with E-state index in [0.29, 0.717) is 23.7 Å². The number of carbonyl (C=O) groups excluding carboxylic acids is 2. The molecule has 1 aromatic heterocycles. The largest absolute Gasteiger partial charge is 0.376 e. The maximum atomic E-state index is 12.3. The van der Waals surface area contributed by atoms with Crippen LogP contribution in [0.1, 0.15) is 40.6 Å². The molecule has 2 heterocycles. The molecular formula is C16H23N3O3S. The zero-order valence-electron chi connectivity index (χ0n) is 13.4. The maximum absolute atomic E-state index is 12.3. The van der Waals surface area contributed by atoms with Crippen molar-refractivity contribution < 1.29 is 14.3 Å². The molecule has 3 rings (SSSR count). The minimum Gasteiger partial charge on any atom is -0.376 e. The highest BCUT2D eigenvalue weighted by Crippen LogP contribution is 2.37. The Hall–Kier alpha value is -1.44. The number of nitrogens with two attached hydrogens (primary N) is 1. The lowest BCUT2D eigenvalue weighted by atomic mass is 9.95. The van der Waals surface area contributed by atoms with Crippen LogP contribution < -0.4 is 11.1 Å². The van der Waals surface area contributed by atoms with Crippen molar-refractivity contribution in [3.8, 4) is 0 Å². The van der Waals surface area contributed by atoms with Crippen molar-refractivity contribution in [3.63, 3.8) is 0 Å². The van der Waals surface area contributed by atoms with Crippen molar-refractivity contribution in [1.29, 1.82) is 0 Å². The summed E-state index contributed by atoms with van der Waals surface area (Å²) in [6.45, 7) is 4.46. The van der Waals surface area contributed by atoms with Gasteiger partial charge in [-0.15, -0.1) is 11.3 Å². The van der Waals surface area contributed by atoms with Gasteiger partial charge in [-0.3, -0.25) is 14.5 Å². The van der Waals surface area contributed by atoms with Crippen LogP contribution in [-0.4, -0.2) is 49.1 Å². The van der Waals surface area contributed by atoms with Crippen molar-refractivity contribution in [2.45, 2.75) is 38.7 Å². The third-order valence-corrected chi connectivity index (χ3v) is 5.57. The first-order chi connectivity index (χ1) is 11.0. The Bertz CT molecular complexity index is 614. The minimum absolute atomic E-state index is 0.0970. The van der Waals surface area contributed by atoms with Gasteiger partial charge in [0.25, 0.3) is 5.91 Å². The van der Waals surface area contributed by atoms with Crippen LogP contribution in [0.3, 0.4) is 0 Å². The van der Waals surface area contributed by atoms with E-state index in [2.05, 4.69) is 10.2 Å². The summed E-state index contributed by atoms with van der Waals surface area (Å²) in [7, 11) is 0. The number of thiophene rings is 1. The number of rotatable bonds is 4. The SMILES string of the molecule is C[C@H]1CN(CC(=O)Nc2sc3c(c2C(N)=O)CCCC3)CCO1. The van der Waals surface area contributed by atoms with E-state index >= 15 is 0 Å². The van der Waals surface area contributed by atoms with E-state index in [4.69, 9.17) is 10.5 Å². The average molecular weight is 337 g/mol. The van der Waals surface area contributed by atoms with Gasteiger partial charge in [0.05, 0.1) is 24.8 Å². The number of carbonyl (C=O) groups is 2. The van der Waals surface area contributed by atoms with Crippen molar-refractivity contribution in [1.82, 2.24) is 4.90 Å². The first-order valence-electron chi connectivity index (χ1n) is 8.12. The molecule has 1 fully saturated rings. The van der Waals surface area contributed by atoms with E-state index in [1.807, 2.05) is 6.92 Å². The summed E-state index contributed by atoms with van der Waals surface area (Å²) in [5.41, 5.74) is 7.12. The molecule has 1 atom stereocenters. The number of fused-ring (bicyclic) bond motifs is 1. The van der Waals surface area contributed by atoms with Crippen LogP contribution in [0.2, 0.25) is 0 Å². The van der Waals surface area contributed by atoms with E-state index in [1.54, 1.807) is 0 Å². The zero-order chi connectivity index (χ0) is 16.4. The Morgan fingerprint density at radius 2 is 2.17 bits per heavy atom. The van der Waals surface area contributed by atoms with E-state index in [9.17, 15) is 9.59 Å². The first kappa shape index (κ1) is 16.4. The number of nitrogens with one attached hydrogen (secondary N) is 1. The van der Waals surface area contributed by atoms with Crippen LogP contribution in [0.5, 0.6) is 0 Å². The fourth-order valence-corrected chi connectivity index (χ4v) is 4.63. The van der Waals surface area contributed by atoms with Crippen molar-refractivity contribution >= 4 is 28.2 Å². The summed E-state index contributed by atoms with van der Waals surface area (Å²) in [6, 6.07) is 0. The number of primary amides is 1. The quantitative estimate of drug-likeness (QED) is 0.869. The molecule has 1 aromatic rings. The Kier molecular flexibility index (Phi) is 4.99. The summed E-state index contributed by atoms with van der Waals surface area (Å²) in [5, 5.41) is 3.53. The number of ether oxygens (including phenoxy) is 1. The van der Waals surface area contributed by atoms with Gasteiger partial charge in [-0.1, -0.05) is 0 Å². The predicted octanol–water partition coefficient (Wildman–Crippen LogP) is 1.38. The standard InChI is InChI=1S/C16H23N3O3S/c1-10-8-19(6-7-22-10)9-13(20)18-16-14(15(17)21)11-4-2-3-5-12(11)23-16/h10H,2-9H2,1H3,(H2,17,21)(H,18,20)/t10-/m0/s1. The molecule has 0 aromatic carbocycles. The molecule has 0 unspecified atom stereocenters. The van der Waals surface area contributed by atoms with Gasteiger partial charge in [0.1, 0.15) is 5.00 Å². The molecule has 1 aliphatic heterocycles. The van der Waals surface area contributed by atoms with Gasteiger partial charge in [-0.2, -0.15) is 0 Å². The van der Waals surface area contributed by atoms with Crippen LogP contribution in [0.15, 0.2) is 0 Å².